The molecule has 164 valence electrons. The highest BCUT2D eigenvalue weighted by atomic mass is 19.4. The summed E-state index contributed by atoms with van der Waals surface area (Å²) in [6.07, 6.45) is -1.49. The summed E-state index contributed by atoms with van der Waals surface area (Å²) < 4.78 is 37.5. The van der Waals surface area contributed by atoms with Crippen molar-refractivity contribution >= 4 is 5.96 Å². The van der Waals surface area contributed by atoms with Gasteiger partial charge in [0.25, 0.3) is 0 Å². The van der Waals surface area contributed by atoms with Crippen molar-refractivity contribution in [2.75, 3.05) is 45.8 Å². The van der Waals surface area contributed by atoms with Crippen LogP contribution in [0.25, 0.3) is 0 Å². The SMILES string of the molecule is CCNC(=NCCC1CCN(CC(F)(F)F)CC1)NC1CN(C(C)C)CC1C. The van der Waals surface area contributed by atoms with Gasteiger partial charge >= 0.3 is 6.18 Å². The van der Waals surface area contributed by atoms with E-state index in [-0.39, 0.29) is 0 Å². The molecule has 28 heavy (non-hydrogen) atoms. The minimum atomic E-state index is -4.09. The molecule has 0 bridgehead atoms. The van der Waals surface area contributed by atoms with Crippen LogP contribution < -0.4 is 10.6 Å². The molecule has 0 saturated carbocycles. The van der Waals surface area contributed by atoms with Crippen LogP contribution in [0.15, 0.2) is 4.99 Å². The second-order valence-corrected chi connectivity index (χ2v) is 8.66. The molecule has 2 atom stereocenters. The summed E-state index contributed by atoms with van der Waals surface area (Å²) in [5, 5.41) is 6.92. The van der Waals surface area contributed by atoms with Crippen LogP contribution in [0.4, 0.5) is 13.2 Å². The number of hydrogen-bond donors (Lipinski definition) is 2. The molecule has 2 rings (SSSR count). The average Bonchev–Trinajstić information content (AvgIpc) is 2.96. The maximum absolute atomic E-state index is 12.5. The monoisotopic (exact) mass is 405 g/mol. The van der Waals surface area contributed by atoms with Crippen molar-refractivity contribution in [2.45, 2.75) is 65.2 Å². The molecule has 2 saturated heterocycles. The fourth-order valence-corrected chi connectivity index (χ4v) is 4.16. The minimum Gasteiger partial charge on any atom is -0.357 e. The van der Waals surface area contributed by atoms with Gasteiger partial charge in [0.15, 0.2) is 5.96 Å². The smallest absolute Gasteiger partial charge is 0.357 e. The topological polar surface area (TPSA) is 42.9 Å². The Morgan fingerprint density at radius 2 is 1.86 bits per heavy atom. The van der Waals surface area contributed by atoms with Crippen LogP contribution in [0, 0.1) is 11.8 Å². The highest BCUT2D eigenvalue weighted by Gasteiger charge is 2.33. The zero-order chi connectivity index (χ0) is 20.7. The van der Waals surface area contributed by atoms with Crippen LogP contribution >= 0.6 is 0 Å². The molecule has 0 aromatic rings. The van der Waals surface area contributed by atoms with Crippen molar-refractivity contribution < 1.29 is 13.2 Å². The third kappa shape index (κ3) is 7.78. The van der Waals surface area contributed by atoms with E-state index in [1.54, 1.807) is 0 Å². The van der Waals surface area contributed by atoms with E-state index in [0.717, 1.165) is 44.9 Å². The maximum atomic E-state index is 12.5. The van der Waals surface area contributed by atoms with Crippen LogP contribution in [0.3, 0.4) is 0 Å². The van der Waals surface area contributed by atoms with Crippen LogP contribution in [-0.4, -0.2) is 79.8 Å². The zero-order valence-electron chi connectivity index (χ0n) is 17.9. The number of likely N-dealkylation sites (tertiary alicyclic amines) is 2. The quantitative estimate of drug-likeness (QED) is 0.505. The highest BCUT2D eigenvalue weighted by Crippen LogP contribution is 2.24. The van der Waals surface area contributed by atoms with Gasteiger partial charge < -0.3 is 10.6 Å². The fourth-order valence-electron chi connectivity index (χ4n) is 4.16. The number of nitrogens with one attached hydrogen (secondary N) is 2. The number of rotatable bonds is 7. The zero-order valence-corrected chi connectivity index (χ0v) is 17.9. The van der Waals surface area contributed by atoms with Gasteiger partial charge in [0.05, 0.1) is 6.54 Å². The van der Waals surface area contributed by atoms with Crippen molar-refractivity contribution in [2.24, 2.45) is 16.8 Å². The average molecular weight is 406 g/mol. The number of piperidine rings is 1. The third-order valence-corrected chi connectivity index (χ3v) is 5.95. The summed E-state index contributed by atoms with van der Waals surface area (Å²) in [6, 6.07) is 0.947. The lowest BCUT2D eigenvalue weighted by Gasteiger charge is -2.32. The lowest BCUT2D eigenvalue weighted by Crippen LogP contribution is -2.47. The lowest BCUT2D eigenvalue weighted by molar-refractivity contribution is -0.148. The molecule has 0 spiro atoms. The summed E-state index contributed by atoms with van der Waals surface area (Å²) in [6.45, 7) is 12.8. The van der Waals surface area contributed by atoms with Gasteiger partial charge in [0.2, 0.25) is 0 Å². The minimum absolute atomic E-state index is 0.394. The summed E-state index contributed by atoms with van der Waals surface area (Å²) in [7, 11) is 0. The van der Waals surface area contributed by atoms with Gasteiger partial charge in [-0.15, -0.1) is 0 Å². The standard InChI is InChI=1S/C20H38F3N5/c1-5-24-19(26-18-13-28(15(2)3)12-16(18)4)25-9-6-17-7-10-27(11-8-17)14-20(21,22)23/h15-18H,5-14H2,1-4H3,(H2,24,25,26). The van der Waals surface area contributed by atoms with E-state index in [4.69, 9.17) is 4.99 Å². The van der Waals surface area contributed by atoms with Crippen LogP contribution in [0.1, 0.15) is 47.0 Å². The fraction of sp³-hybridized carbons (Fsp3) is 0.950. The second-order valence-electron chi connectivity index (χ2n) is 8.66. The molecule has 5 nitrogen and oxygen atoms in total. The summed E-state index contributed by atoms with van der Waals surface area (Å²) in [4.78, 5) is 8.74. The Labute approximate surface area is 168 Å². The van der Waals surface area contributed by atoms with Crippen molar-refractivity contribution in [1.82, 2.24) is 20.4 Å². The molecule has 8 heteroatoms. The highest BCUT2D eigenvalue weighted by molar-refractivity contribution is 5.80. The molecule has 2 fully saturated rings. The molecule has 0 aromatic heterocycles. The van der Waals surface area contributed by atoms with Gasteiger partial charge in [-0.05, 0) is 65.0 Å². The molecule has 2 N–H and O–H groups in total. The number of halogens is 3. The van der Waals surface area contributed by atoms with Crippen molar-refractivity contribution in [1.29, 1.82) is 0 Å². The molecule has 0 amide bonds. The normalized spacial score (nSPS) is 26.2. The van der Waals surface area contributed by atoms with E-state index in [9.17, 15) is 13.2 Å². The van der Waals surface area contributed by atoms with E-state index < -0.39 is 12.7 Å². The summed E-state index contributed by atoms with van der Waals surface area (Å²) in [5.41, 5.74) is 0. The molecule has 2 aliphatic rings. The van der Waals surface area contributed by atoms with Gasteiger partial charge in [0.1, 0.15) is 0 Å². The Morgan fingerprint density at radius 1 is 1.18 bits per heavy atom. The maximum Gasteiger partial charge on any atom is 0.401 e. The Morgan fingerprint density at radius 3 is 2.39 bits per heavy atom. The van der Waals surface area contributed by atoms with Gasteiger partial charge in [-0.3, -0.25) is 14.8 Å². The van der Waals surface area contributed by atoms with Crippen LogP contribution in [-0.2, 0) is 0 Å². The van der Waals surface area contributed by atoms with Crippen molar-refractivity contribution in [3.8, 4) is 0 Å². The number of nitrogens with zero attached hydrogens (tertiary/aromatic N) is 3. The van der Waals surface area contributed by atoms with Crippen LogP contribution in [0.2, 0.25) is 0 Å². The van der Waals surface area contributed by atoms with E-state index in [1.165, 1.54) is 4.90 Å². The largest absolute Gasteiger partial charge is 0.401 e. The molecule has 2 heterocycles. The van der Waals surface area contributed by atoms with Crippen molar-refractivity contribution in [3.63, 3.8) is 0 Å². The predicted molar refractivity (Wildman–Crippen MR) is 109 cm³/mol. The van der Waals surface area contributed by atoms with Crippen molar-refractivity contribution in [3.05, 3.63) is 0 Å². The van der Waals surface area contributed by atoms with Gasteiger partial charge in [0, 0.05) is 38.3 Å². The lowest BCUT2D eigenvalue weighted by atomic mass is 9.93. The van der Waals surface area contributed by atoms with Crippen LogP contribution in [0.5, 0.6) is 0 Å². The summed E-state index contributed by atoms with van der Waals surface area (Å²) in [5.74, 6) is 1.90. The predicted octanol–water partition coefficient (Wildman–Crippen LogP) is 2.93. The van der Waals surface area contributed by atoms with Gasteiger partial charge in [-0.2, -0.15) is 13.2 Å². The second kappa shape index (κ2) is 10.7. The Kier molecular flexibility index (Phi) is 8.86. The van der Waals surface area contributed by atoms with E-state index >= 15 is 0 Å². The first-order chi connectivity index (χ1) is 13.2. The van der Waals surface area contributed by atoms with Gasteiger partial charge in [-0.1, -0.05) is 6.92 Å². The van der Waals surface area contributed by atoms with E-state index in [1.807, 2.05) is 0 Å². The van der Waals surface area contributed by atoms with E-state index in [2.05, 4.69) is 43.2 Å². The Balaban J connectivity index is 1.76. The first kappa shape index (κ1) is 23.3. The van der Waals surface area contributed by atoms with Gasteiger partial charge in [-0.25, -0.2) is 0 Å². The Hall–Kier alpha value is -1.02. The third-order valence-electron chi connectivity index (χ3n) is 5.95. The number of alkyl halides is 3. The first-order valence-electron chi connectivity index (χ1n) is 10.8. The molecule has 0 aromatic carbocycles. The number of hydrogen-bond acceptors (Lipinski definition) is 3. The summed E-state index contributed by atoms with van der Waals surface area (Å²) >= 11 is 0. The first-order valence-corrected chi connectivity index (χ1v) is 10.8. The van der Waals surface area contributed by atoms with E-state index in [0.29, 0.717) is 43.6 Å². The molecular weight excluding hydrogens is 367 g/mol. The molecular formula is C20H38F3N5. The molecule has 2 unspecified atom stereocenters. The molecule has 2 aliphatic heterocycles. The molecule has 0 aliphatic carbocycles. The Bertz CT molecular complexity index is 487. The number of aliphatic imine (C=N–C) groups is 1. The number of guanidine groups is 1. The molecule has 0 radical (unpaired) electrons.